The maximum Gasteiger partial charge on any atom is 0.408 e. The molecule has 0 saturated carbocycles. The number of nitrogens with one attached hydrogen (secondary N) is 2. The van der Waals surface area contributed by atoms with Crippen molar-refractivity contribution >= 4 is 12.0 Å². The van der Waals surface area contributed by atoms with Crippen molar-refractivity contribution in [3.05, 3.63) is 35.9 Å². The summed E-state index contributed by atoms with van der Waals surface area (Å²) in [4.78, 5) is 23.3. The van der Waals surface area contributed by atoms with E-state index < -0.39 is 12.1 Å². The van der Waals surface area contributed by atoms with Gasteiger partial charge in [0, 0.05) is 6.54 Å². The molecular formula is C14H20N2O4. The van der Waals surface area contributed by atoms with Gasteiger partial charge in [0.25, 0.3) is 0 Å². The van der Waals surface area contributed by atoms with Gasteiger partial charge in [0.2, 0.25) is 5.91 Å². The molecule has 1 rings (SSSR count). The summed E-state index contributed by atoms with van der Waals surface area (Å²) < 4.78 is 5.04. The molecule has 0 heterocycles. The van der Waals surface area contributed by atoms with Crippen molar-refractivity contribution in [2.45, 2.75) is 26.0 Å². The lowest BCUT2D eigenvalue weighted by Crippen LogP contribution is -2.47. The smallest absolute Gasteiger partial charge is 0.408 e. The highest BCUT2D eigenvalue weighted by Gasteiger charge is 2.18. The summed E-state index contributed by atoms with van der Waals surface area (Å²) in [5.41, 5.74) is 0.875. The molecule has 1 aromatic carbocycles. The van der Waals surface area contributed by atoms with Crippen LogP contribution in [0.5, 0.6) is 0 Å². The molecule has 0 radical (unpaired) electrons. The summed E-state index contributed by atoms with van der Waals surface area (Å²) >= 11 is 0. The van der Waals surface area contributed by atoms with Crippen LogP contribution in [0.15, 0.2) is 30.3 Å². The van der Waals surface area contributed by atoms with Crippen LogP contribution in [0.2, 0.25) is 0 Å². The van der Waals surface area contributed by atoms with Gasteiger partial charge in [0.15, 0.2) is 0 Å². The first-order valence-electron chi connectivity index (χ1n) is 6.53. The van der Waals surface area contributed by atoms with Crippen molar-refractivity contribution in [3.8, 4) is 0 Å². The number of aliphatic hydroxyl groups is 1. The Labute approximate surface area is 118 Å². The molecule has 110 valence electrons. The normalized spacial score (nSPS) is 11.5. The third-order valence-corrected chi connectivity index (χ3v) is 2.64. The first kappa shape index (κ1) is 16.0. The third-order valence-electron chi connectivity index (χ3n) is 2.64. The third kappa shape index (κ3) is 5.71. The number of amides is 2. The van der Waals surface area contributed by atoms with Gasteiger partial charge in [-0.15, -0.1) is 0 Å². The maximum atomic E-state index is 11.7. The molecule has 0 fully saturated rings. The summed E-state index contributed by atoms with van der Waals surface area (Å²) in [7, 11) is 0. The largest absolute Gasteiger partial charge is 0.445 e. The van der Waals surface area contributed by atoms with Crippen LogP contribution in [-0.4, -0.2) is 36.3 Å². The molecule has 20 heavy (non-hydrogen) atoms. The number of hydrogen-bond acceptors (Lipinski definition) is 4. The highest BCUT2D eigenvalue weighted by Crippen LogP contribution is 2.01. The second kappa shape index (κ2) is 8.92. The van der Waals surface area contributed by atoms with Gasteiger partial charge in [0.1, 0.15) is 12.6 Å². The number of rotatable bonds is 7. The SMILES string of the molecule is CCC(NC(=O)OCc1ccccc1)C(=O)NCCO. The zero-order chi connectivity index (χ0) is 14.8. The van der Waals surface area contributed by atoms with E-state index in [-0.39, 0.29) is 25.7 Å². The van der Waals surface area contributed by atoms with Crippen molar-refractivity contribution in [3.63, 3.8) is 0 Å². The molecule has 3 N–H and O–H groups in total. The Morgan fingerprint density at radius 2 is 2.00 bits per heavy atom. The molecule has 2 amide bonds. The first-order valence-corrected chi connectivity index (χ1v) is 6.53. The Kier molecular flexibility index (Phi) is 7.13. The van der Waals surface area contributed by atoms with Crippen LogP contribution < -0.4 is 10.6 Å². The van der Waals surface area contributed by atoms with Crippen molar-refractivity contribution in [1.29, 1.82) is 0 Å². The number of carbonyl (C=O) groups excluding carboxylic acids is 2. The highest BCUT2D eigenvalue weighted by atomic mass is 16.5. The summed E-state index contributed by atoms with van der Waals surface area (Å²) in [6.07, 6.45) is -0.197. The van der Waals surface area contributed by atoms with Gasteiger partial charge >= 0.3 is 6.09 Å². The van der Waals surface area contributed by atoms with Gasteiger partial charge in [0.05, 0.1) is 6.61 Å². The van der Waals surface area contributed by atoms with E-state index in [2.05, 4.69) is 10.6 Å². The second-order valence-corrected chi connectivity index (χ2v) is 4.18. The molecule has 6 nitrogen and oxygen atoms in total. The van der Waals surface area contributed by atoms with Gasteiger partial charge in [-0.2, -0.15) is 0 Å². The van der Waals surface area contributed by atoms with Crippen molar-refractivity contribution in [1.82, 2.24) is 10.6 Å². The van der Waals surface area contributed by atoms with Crippen LogP contribution >= 0.6 is 0 Å². The van der Waals surface area contributed by atoms with Crippen molar-refractivity contribution < 1.29 is 19.4 Å². The predicted octanol–water partition coefficient (Wildman–Crippen LogP) is 0.800. The number of hydrogen-bond donors (Lipinski definition) is 3. The van der Waals surface area contributed by atoms with E-state index in [0.29, 0.717) is 6.42 Å². The highest BCUT2D eigenvalue weighted by molar-refractivity contribution is 5.85. The second-order valence-electron chi connectivity index (χ2n) is 4.18. The molecule has 0 aliphatic heterocycles. The van der Waals surface area contributed by atoms with Crippen LogP contribution in [0.25, 0.3) is 0 Å². The van der Waals surface area contributed by atoms with E-state index in [9.17, 15) is 9.59 Å². The quantitative estimate of drug-likeness (QED) is 0.689. The summed E-state index contributed by atoms with van der Waals surface area (Å²) in [5.74, 6) is -0.335. The Hall–Kier alpha value is -2.08. The number of benzene rings is 1. The predicted molar refractivity (Wildman–Crippen MR) is 73.9 cm³/mol. The lowest BCUT2D eigenvalue weighted by atomic mass is 10.2. The molecule has 0 aromatic heterocycles. The van der Waals surface area contributed by atoms with E-state index in [0.717, 1.165) is 5.56 Å². The van der Waals surface area contributed by atoms with Gasteiger partial charge < -0.3 is 20.5 Å². The minimum atomic E-state index is -0.662. The van der Waals surface area contributed by atoms with E-state index in [1.807, 2.05) is 30.3 Å². The number of aliphatic hydroxyl groups excluding tert-OH is 1. The molecule has 0 spiro atoms. The molecule has 0 aliphatic carbocycles. The Morgan fingerprint density at radius 3 is 2.60 bits per heavy atom. The molecular weight excluding hydrogens is 260 g/mol. The molecule has 1 unspecified atom stereocenters. The fourth-order valence-electron chi connectivity index (χ4n) is 1.56. The Balaban J connectivity index is 2.37. The zero-order valence-corrected chi connectivity index (χ0v) is 11.5. The van der Waals surface area contributed by atoms with E-state index >= 15 is 0 Å². The monoisotopic (exact) mass is 280 g/mol. The van der Waals surface area contributed by atoms with Gasteiger partial charge in [-0.25, -0.2) is 4.79 Å². The van der Waals surface area contributed by atoms with Gasteiger partial charge in [-0.3, -0.25) is 4.79 Å². The minimum Gasteiger partial charge on any atom is -0.445 e. The van der Waals surface area contributed by atoms with Crippen molar-refractivity contribution in [2.24, 2.45) is 0 Å². The van der Waals surface area contributed by atoms with E-state index in [1.165, 1.54) is 0 Å². The van der Waals surface area contributed by atoms with E-state index in [4.69, 9.17) is 9.84 Å². The van der Waals surface area contributed by atoms with Crippen LogP contribution in [0.3, 0.4) is 0 Å². The zero-order valence-electron chi connectivity index (χ0n) is 11.5. The minimum absolute atomic E-state index is 0.138. The number of carbonyl (C=O) groups is 2. The van der Waals surface area contributed by atoms with Crippen LogP contribution in [0.1, 0.15) is 18.9 Å². The molecule has 1 aromatic rings. The lowest BCUT2D eigenvalue weighted by Gasteiger charge is -2.16. The van der Waals surface area contributed by atoms with Crippen LogP contribution in [0.4, 0.5) is 4.79 Å². The molecule has 0 aliphatic rings. The topological polar surface area (TPSA) is 87.7 Å². The van der Waals surface area contributed by atoms with Crippen LogP contribution in [0, 0.1) is 0 Å². The standard InChI is InChI=1S/C14H20N2O4/c1-2-12(13(18)15-8-9-17)16-14(19)20-10-11-6-4-3-5-7-11/h3-7,12,17H,2,8-10H2,1H3,(H,15,18)(H,16,19). The van der Waals surface area contributed by atoms with E-state index in [1.54, 1.807) is 6.92 Å². The average Bonchev–Trinajstić information content (AvgIpc) is 2.49. The van der Waals surface area contributed by atoms with Crippen LogP contribution in [-0.2, 0) is 16.1 Å². The number of ether oxygens (including phenoxy) is 1. The molecule has 6 heteroatoms. The lowest BCUT2D eigenvalue weighted by molar-refractivity contribution is -0.123. The molecule has 0 bridgehead atoms. The summed E-state index contributed by atoms with van der Waals surface area (Å²) in [6.45, 7) is 1.96. The molecule has 0 saturated heterocycles. The first-order chi connectivity index (χ1) is 9.67. The van der Waals surface area contributed by atoms with Gasteiger partial charge in [-0.05, 0) is 12.0 Å². The Morgan fingerprint density at radius 1 is 1.30 bits per heavy atom. The Bertz CT molecular complexity index is 422. The summed E-state index contributed by atoms with van der Waals surface area (Å²) in [5, 5.41) is 13.6. The maximum absolute atomic E-state index is 11.7. The van der Waals surface area contributed by atoms with Crippen molar-refractivity contribution in [2.75, 3.05) is 13.2 Å². The number of alkyl carbamates (subject to hydrolysis) is 1. The summed E-state index contributed by atoms with van der Waals surface area (Å²) in [6, 6.07) is 8.62. The fraction of sp³-hybridized carbons (Fsp3) is 0.429. The van der Waals surface area contributed by atoms with Gasteiger partial charge in [-0.1, -0.05) is 37.3 Å². The molecule has 1 atom stereocenters. The fourth-order valence-corrected chi connectivity index (χ4v) is 1.56. The average molecular weight is 280 g/mol.